The van der Waals surface area contributed by atoms with Crippen LogP contribution >= 0.6 is 11.3 Å². The SMILES string of the molecule is [CH3-].c1ccc(-c2nc(-c3ccccc3)nc(-c3ccc4c(ccc5ccc6sc(-c7ccccc7)nc6c54)c3)n2)cc1. The molecule has 0 amide bonds. The zero-order valence-corrected chi connectivity index (χ0v) is 23.7. The Kier molecular flexibility index (Phi) is 6.49. The van der Waals surface area contributed by atoms with Crippen molar-refractivity contribution in [3.63, 3.8) is 0 Å². The summed E-state index contributed by atoms with van der Waals surface area (Å²) in [4.78, 5) is 19.8. The van der Waals surface area contributed by atoms with E-state index in [0.717, 1.165) is 38.2 Å². The van der Waals surface area contributed by atoms with Crippen molar-refractivity contribution in [2.24, 2.45) is 0 Å². The van der Waals surface area contributed by atoms with E-state index in [-0.39, 0.29) is 7.43 Å². The molecule has 0 N–H and O–H groups in total. The van der Waals surface area contributed by atoms with Crippen molar-refractivity contribution < 1.29 is 0 Å². The van der Waals surface area contributed by atoms with Gasteiger partial charge in [-0.15, -0.1) is 11.3 Å². The predicted octanol–water partition coefficient (Wildman–Crippen LogP) is 9.91. The molecule has 0 aliphatic rings. The van der Waals surface area contributed by atoms with E-state index in [0.29, 0.717) is 17.5 Å². The van der Waals surface area contributed by atoms with Gasteiger partial charge in [0.15, 0.2) is 17.5 Å². The maximum atomic E-state index is 5.12. The summed E-state index contributed by atoms with van der Waals surface area (Å²) >= 11 is 1.73. The zero-order chi connectivity index (χ0) is 27.2. The van der Waals surface area contributed by atoms with Gasteiger partial charge in [-0.3, -0.25) is 0 Å². The van der Waals surface area contributed by atoms with Gasteiger partial charge in [-0.05, 0) is 28.3 Å². The van der Waals surface area contributed by atoms with Crippen molar-refractivity contribution in [1.29, 1.82) is 0 Å². The monoisotopic (exact) mass is 557 g/mol. The van der Waals surface area contributed by atoms with E-state index in [9.17, 15) is 0 Å². The molecule has 0 atom stereocenters. The molecule has 8 aromatic rings. The van der Waals surface area contributed by atoms with Crippen LogP contribution in [0.15, 0.2) is 133 Å². The third-order valence-electron chi connectivity index (χ3n) is 7.33. The van der Waals surface area contributed by atoms with Crippen LogP contribution in [0.4, 0.5) is 0 Å². The second-order valence-electron chi connectivity index (χ2n) is 9.94. The van der Waals surface area contributed by atoms with Gasteiger partial charge in [-0.1, -0.05) is 121 Å². The van der Waals surface area contributed by atoms with E-state index in [1.165, 1.54) is 20.9 Å². The Hall–Kier alpha value is -5.26. The van der Waals surface area contributed by atoms with Gasteiger partial charge in [0.2, 0.25) is 0 Å². The standard InChI is InChI=1S/C36H22N4S.CH3/c1-4-10-24(11-5-1)33-38-34(25-12-6-2-7-13-25)40-35(39-33)28-18-20-29-27(22-28)17-16-23-19-21-30-32(31(23)29)37-36(41-30)26-14-8-3-9-15-26;/h1-22H;1H3/q;-1. The number of nitrogens with zero attached hydrogens (tertiary/aromatic N) is 4. The molecule has 6 aromatic carbocycles. The molecule has 42 heavy (non-hydrogen) atoms. The topological polar surface area (TPSA) is 51.6 Å². The van der Waals surface area contributed by atoms with Crippen LogP contribution in [-0.4, -0.2) is 19.9 Å². The number of hydrogen-bond acceptors (Lipinski definition) is 5. The quantitative estimate of drug-likeness (QED) is 0.160. The minimum absolute atomic E-state index is 0. The highest BCUT2D eigenvalue weighted by Crippen LogP contribution is 2.38. The molecule has 200 valence electrons. The maximum Gasteiger partial charge on any atom is 0.164 e. The summed E-state index contributed by atoms with van der Waals surface area (Å²) < 4.78 is 1.19. The Morgan fingerprint density at radius 3 is 1.57 bits per heavy atom. The first-order valence-corrected chi connectivity index (χ1v) is 14.3. The Labute approximate surface area is 248 Å². The van der Waals surface area contributed by atoms with Gasteiger partial charge in [0.05, 0.1) is 10.2 Å². The molecule has 0 spiro atoms. The van der Waals surface area contributed by atoms with E-state index >= 15 is 0 Å². The number of thiazole rings is 1. The van der Waals surface area contributed by atoms with E-state index in [1.54, 1.807) is 11.3 Å². The van der Waals surface area contributed by atoms with Crippen molar-refractivity contribution in [2.45, 2.75) is 0 Å². The van der Waals surface area contributed by atoms with Gasteiger partial charge in [0, 0.05) is 27.6 Å². The van der Waals surface area contributed by atoms with E-state index in [2.05, 4.69) is 66.7 Å². The molecule has 0 aliphatic carbocycles. The highest BCUT2D eigenvalue weighted by atomic mass is 32.1. The van der Waals surface area contributed by atoms with Crippen LogP contribution < -0.4 is 0 Å². The second kappa shape index (κ2) is 10.6. The first-order valence-electron chi connectivity index (χ1n) is 13.5. The number of benzene rings is 6. The van der Waals surface area contributed by atoms with Crippen LogP contribution in [0, 0.1) is 7.43 Å². The fourth-order valence-corrected chi connectivity index (χ4v) is 6.30. The lowest BCUT2D eigenvalue weighted by Gasteiger charge is -2.10. The van der Waals surface area contributed by atoms with Crippen LogP contribution in [0.25, 0.3) is 76.5 Å². The number of rotatable bonds is 4. The molecule has 2 aromatic heterocycles. The van der Waals surface area contributed by atoms with Crippen LogP contribution in [-0.2, 0) is 0 Å². The van der Waals surface area contributed by atoms with Gasteiger partial charge in [0.1, 0.15) is 5.01 Å². The molecular weight excluding hydrogens is 533 g/mol. The van der Waals surface area contributed by atoms with Crippen molar-refractivity contribution in [3.8, 4) is 44.7 Å². The lowest BCUT2D eigenvalue weighted by molar-refractivity contribution is 1.07. The predicted molar refractivity (Wildman–Crippen MR) is 176 cm³/mol. The number of fused-ring (bicyclic) bond motifs is 5. The highest BCUT2D eigenvalue weighted by molar-refractivity contribution is 7.21. The molecule has 0 bridgehead atoms. The van der Waals surface area contributed by atoms with Crippen molar-refractivity contribution in [3.05, 3.63) is 141 Å². The normalized spacial score (nSPS) is 11.1. The minimum atomic E-state index is 0. The molecule has 8 rings (SSSR count). The molecule has 0 unspecified atom stereocenters. The summed E-state index contributed by atoms with van der Waals surface area (Å²) in [6.07, 6.45) is 0. The zero-order valence-electron chi connectivity index (χ0n) is 22.9. The molecule has 0 aliphatic heterocycles. The Balaban J connectivity index is 0.00000288. The minimum Gasteiger partial charge on any atom is -0.358 e. The van der Waals surface area contributed by atoms with Gasteiger partial charge in [-0.25, -0.2) is 19.9 Å². The van der Waals surface area contributed by atoms with Gasteiger partial charge in [0.25, 0.3) is 0 Å². The molecule has 0 radical (unpaired) electrons. The van der Waals surface area contributed by atoms with Crippen LogP contribution in [0.5, 0.6) is 0 Å². The Morgan fingerprint density at radius 2 is 0.952 bits per heavy atom. The number of aromatic nitrogens is 4. The molecule has 4 nitrogen and oxygen atoms in total. The average Bonchev–Trinajstić information content (AvgIpc) is 3.50. The van der Waals surface area contributed by atoms with Crippen molar-refractivity contribution in [1.82, 2.24) is 19.9 Å². The third kappa shape index (κ3) is 4.50. The first kappa shape index (κ1) is 25.7. The largest absolute Gasteiger partial charge is 0.358 e. The molecule has 0 fully saturated rings. The smallest absolute Gasteiger partial charge is 0.164 e. The third-order valence-corrected chi connectivity index (χ3v) is 8.40. The summed E-state index contributed by atoms with van der Waals surface area (Å²) in [6.45, 7) is 0. The lowest BCUT2D eigenvalue weighted by atomic mass is 9.99. The van der Waals surface area contributed by atoms with Crippen molar-refractivity contribution in [2.75, 3.05) is 0 Å². The summed E-state index contributed by atoms with van der Waals surface area (Å²) in [7, 11) is 0. The second-order valence-corrected chi connectivity index (χ2v) is 11.0. The van der Waals surface area contributed by atoms with Crippen LogP contribution in [0.3, 0.4) is 0 Å². The fourth-order valence-electron chi connectivity index (χ4n) is 5.32. The van der Waals surface area contributed by atoms with Crippen molar-refractivity contribution >= 4 is 43.1 Å². The van der Waals surface area contributed by atoms with Gasteiger partial charge >= 0.3 is 0 Å². The fraction of sp³-hybridized carbons (Fsp3) is 0. The molecule has 2 heterocycles. The van der Waals surface area contributed by atoms with E-state index < -0.39 is 0 Å². The summed E-state index contributed by atoms with van der Waals surface area (Å²) in [6, 6.07) is 45.7. The molecule has 0 saturated heterocycles. The molecular formula is C37H25N4S-. The van der Waals surface area contributed by atoms with Gasteiger partial charge in [-0.2, -0.15) is 0 Å². The van der Waals surface area contributed by atoms with Crippen LogP contribution in [0.2, 0.25) is 0 Å². The van der Waals surface area contributed by atoms with E-state index in [4.69, 9.17) is 19.9 Å². The van der Waals surface area contributed by atoms with Crippen LogP contribution in [0.1, 0.15) is 0 Å². The molecule has 5 heteroatoms. The maximum absolute atomic E-state index is 5.12. The van der Waals surface area contributed by atoms with E-state index in [1.807, 2.05) is 66.7 Å². The Bertz CT molecular complexity index is 2130. The Morgan fingerprint density at radius 1 is 0.429 bits per heavy atom. The summed E-state index contributed by atoms with van der Waals surface area (Å²) in [5.41, 5.74) is 5.05. The lowest BCUT2D eigenvalue weighted by Crippen LogP contribution is -2.00. The molecule has 0 saturated carbocycles. The first-order chi connectivity index (χ1) is 20.3. The average molecular weight is 558 g/mol. The number of hydrogen-bond donors (Lipinski definition) is 0. The summed E-state index contributed by atoms with van der Waals surface area (Å²) in [5.74, 6) is 1.97. The van der Waals surface area contributed by atoms with Gasteiger partial charge < -0.3 is 7.43 Å². The summed E-state index contributed by atoms with van der Waals surface area (Å²) in [5, 5.41) is 5.69. The highest BCUT2D eigenvalue weighted by Gasteiger charge is 2.15.